The maximum atomic E-state index is 13.8. The Labute approximate surface area is 111 Å². The summed E-state index contributed by atoms with van der Waals surface area (Å²) < 4.78 is 16.1. The minimum Gasteiger partial charge on any atom is -0.325 e. The number of fused-ring (bicyclic) bond motifs is 3. The van der Waals surface area contributed by atoms with E-state index in [0.717, 1.165) is 24.2 Å². The summed E-state index contributed by atoms with van der Waals surface area (Å²) in [6.45, 7) is 1.99. The van der Waals surface area contributed by atoms with E-state index in [-0.39, 0.29) is 5.82 Å². The van der Waals surface area contributed by atoms with Crippen LogP contribution in [0.15, 0.2) is 18.2 Å². The molecule has 0 saturated carbocycles. The van der Waals surface area contributed by atoms with Crippen LogP contribution in [0.3, 0.4) is 0 Å². The summed E-state index contributed by atoms with van der Waals surface area (Å²) in [6.07, 6.45) is 4.83. The summed E-state index contributed by atoms with van der Waals surface area (Å²) in [7, 11) is 0. The van der Waals surface area contributed by atoms with Gasteiger partial charge in [-0.1, -0.05) is 6.07 Å². The number of imidazole rings is 1. The molecule has 19 heavy (non-hydrogen) atoms. The van der Waals surface area contributed by atoms with Crippen LogP contribution in [0.2, 0.25) is 0 Å². The molecule has 4 rings (SSSR count). The van der Waals surface area contributed by atoms with Crippen molar-refractivity contribution in [1.29, 1.82) is 0 Å². The molecule has 1 aromatic carbocycles. The third kappa shape index (κ3) is 1.70. The van der Waals surface area contributed by atoms with Gasteiger partial charge in [0.15, 0.2) is 5.82 Å². The lowest BCUT2D eigenvalue weighted by molar-refractivity contribution is 0.300. The highest BCUT2D eigenvalue weighted by molar-refractivity contribution is 5.76. The molecule has 2 aliphatic heterocycles. The van der Waals surface area contributed by atoms with Crippen molar-refractivity contribution in [3.63, 3.8) is 0 Å². The monoisotopic (exact) mass is 259 g/mol. The van der Waals surface area contributed by atoms with Crippen LogP contribution in [0.4, 0.5) is 4.39 Å². The van der Waals surface area contributed by atoms with Gasteiger partial charge in [-0.05, 0) is 44.7 Å². The summed E-state index contributed by atoms with van der Waals surface area (Å²) in [5, 5.41) is 3.65. The van der Waals surface area contributed by atoms with E-state index in [1.165, 1.54) is 18.9 Å². The SMILES string of the molecule is Cc1nc2c(F)cccc2n1C1C[C@H]2CC[C@@H](C1)N2. The van der Waals surface area contributed by atoms with E-state index < -0.39 is 0 Å². The topological polar surface area (TPSA) is 29.9 Å². The van der Waals surface area contributed by atoms with Crippen molar-refractivity contribution in [3.8, 4) is 0 Å². The summed E-state index contributed by atoms with van der Waals surface area (Å²) in [5.74, 6) is 0.725. The average molecular weight is 259 g/mol. The van der Waals surface area contributed by atoms with Crippen LogP contribution in [0.1, 0.15) is 37.5 Å². The fraction of sp³-hybridized carbons (Fsp3) is 0.533. The van der Waals surface area contributed by atoms with Gasteiger partial charge in [-0.15, -0.1) is 0 Å². The Morgan fingerprint density at radius 3 is 2.74 bits per heavy atom. The van der Waals surface area contributed by atoms with Gasteiger partial charge in [0.2, 0.25) is 0 Å². The van der Waals surface area contributed by atoms with E-state index in [1.807, 2.05) is 13.0 Å². The van der Waals surface area contributed by atoms with Gasteiger partial charge in [0, 0.05) is 18.1 Å². The molecule has 1 unspecified atom stereocenters. The van der Waals surface area contributed by atoms with Crippen molar-refractivity contribution in [2.24, 2.45) is 0 Å². The molecule has 3 heterocycles. The number of hydrogen-bond donors (Lipinski definition) is 1. The second kappa shape index (κ2) is 4.04. The van der Waals surface area contributed by atoms with Crippen molar-refractivity contribution >= 4 is 11.0 Å². The second-order valence-electron chi connectivity index (χ2n) is 5.90. The maximum Gasteiger partial charge on any atom is 0.151 e. The number of para-hydroxylation sites is 1. The third-order valence-electron chi connectivity index (χ3n) is 4.66. The van der Waals surface area contributed by atoms with Gasteiger partial charge in [0.05, 0.1) is 5.52 Å². The van der Waals surface area contributed by atoms with E-state index >= 15 is 0 Å². The van der Waals surface area contributed by atoms with E-state index in [9.17, 15) is 4.39 Å². The summed E-state index contributed by atoms with van der Waals surface area (Å²) in [6, 6.07) is 6.99. The fourth-order valence-electron chi connectivity index (χ4n) is 3.90. The first-order chi connectivity index (χ1) is 9.22. The zero-order valence-corrected chi connectivity index (χ0v) is 11.1. The number of aromatic nitrogens is 2. The third-order valence-corrected chi connectivity index (χ3v) is 4.66. The van der Waals surface area contributed by atoms with E-state index in [0.29, 0.717) is 23.6 Å². The van der Waals surface area contributed by atoms with Crippen molar-refractivity contribution in [3.05, 3.63) is 29.8 Å². The van der Waals surface area contributed by atoms with Crippen molar-refractivity contribution < 1.29 is 4.39 Å². The predicted molar refractivity (Wildman–Crippen MR) is 72.6 cm³/mol. The van der Waals surface area contributed by atoms with Gasteiger partial charge < -0.3 is 9.88 Å². The van der Waals surface area contributed by atoms with E-state index in [1.54, 1.807) is 6.07 Å². The average Bonchev–Trinajstić information content (AvgIpc) is 2.90. The Morgan fingerprint density at radius 1 is 1.26 bits per heavy atom. The standard InChI is InChI=1S/C15H18FN3/c1-9-17-15-13(16)3-2-4-14(15)19(9)12-7-10-5-6-11(8-12)18-10/h2-4,10-12,18H,5-8H2,1H3/t10-,11+,12?. The number of benzene rings is 1. The van der Waals surface area contributed by atoms with Crippen molar-refractivity contribution in [1.82, 2.24) is 14.9 Å². The molecule has 4 heteroatoms. The number of rotatable bonds is 1. The van der Waals surface area contributed by atoms with Gasteiger partial charge in [-0.2, -0.15) is 0 Å². The van der Waals surface area contributed by atoms with Crippen molar-refractivity contribution in [2.75, 3.05) is 0 Å². The molecule has 2 aromatic rings. The van der Waals surface area contributed by atoms with Gasteiger partial charge in [0.25, 0.3) is 0 Å². The molecular formula is C15H18FN3. The van der Waals surface area contributed by atoms with Crippen molar-refractivity contribution in [2.45, 2.75) is 50.7 Å². The van der Waals surface area contributed by atoms with E-state index in [2.05, 4.69) is 14.9 Å². The van der Waals surface area contributed by atoms with Crippen LogP contribution in [0, 0.1) is 12.7 Å². The summed E-state index contributed by atoms with van der Waals surface area (Å²) in [5.41, 5.74) is 1.47. The molecule has 2 saturated heterocycles. The zero-order valence-electron chi connectivity index (χ0n) is 11.1. The molecule has 0 amide bonds. The molecule has 0 aliphatic carbocycles. The highest BCUT2D eigenvalue weighted by Gasteiger charge is 2.35. The van der Waals surface area contributed by atoms with Crippen LogP contribution in [-0.4, -0.2) is 21.6 Å². The summed E-state index contributed by atoms with van der Waals surface area (Å²) >= 11 is 0. The van der Waals surface area contributed by atoms with E-state index in [4.69, 9.17) is 0 Å². The molecule has 100 valence electrons. The normalized spacial score (nSPS) is 30.1. The Morgan fingerprint density at radius 2 is 2.00 bits per heavy atom. The highest BCUT2D eigenvalue weighted by Crippen LogP contribution is 2.36. The lowest BCUT2D eigenvalue weighted by Crippen LogP contribution is -2.39. The van der Waals surface area contributed by atoms with Crippen LogP contribution < -0.4 is 5.32 Å². The van der Waals surface area contributed by atoms with Gasteiger partial charge in [-0.3, -0.25) is 0 Å². The second-order valence-corrected chi connectivity index (χ2v) is 5.90. The molecule has 2 bridgehead atoms. The van der Waals surface area contributed by atoms with Gasteiger partial charge >= 0.3 is 0 Å². The number of halogens is 1. The predicted octanol–water partition coefficient (Wildman–Crippen LogP) is 2.94. The van der Waals surface area contributed by atoms with Crippen LogP contribution >= 0.6 is 0 Å². The van der Waals surface area contributed by atoms with Crippen LogP contribution in [0.5, 0.6) is 0 Å². The highest BCUT2D eigenvalue weighted by atomic mass is 19.1. The molecule has 3 atom stereocenters. The molecule has 3 nitrogen and oxygen atoms in total. The van der Waals surface area contributed by atoms with Crippen LogP contribution in [0.25, 0.3) is 11.0 Å². The number of hydrogen-bond acceptors (Lipinski definition) is 2. The first-order valence-corrected chi connectivity index (χ1v) is 7.11. The molecule has 0 radical (unpaired) electrons. The molecular weight excluding hydrogens is 241 g/mol. The van der Waals surface area contributed by atoms with Gasteiger partial charge in [-0.25, -0.2) is 9.37 Å². The Bertz CT molecular complexity index is 622. The Kier molecular flexibility index (Phi) is 2.42. The van der Waals surface area contributed by atoms with Crippen LogP contribution in [-0.2, 0) is 0 Å². The number of nitrogens with zero attached hydrogens (tertiary/aromatic N) is 2. The minimum absolute atomic E-state index is 0.212. The maximum absolute atomic E-state index is 13.8. The largest absolute Gasteiger partial charge is 0.325 e. The number of aryl methyl sites for hydroxylation is 1. The first-order valence-electron chi connectivity index (χ1n) is 7.11. The number of piperidine rings is 1. The first kappa shape index (κ1) is 11.4. The number of nitrogens with one attached hydrogen (secondary N) is 1. The quantitative estimate of drug-likeness (QED) is 0.853. The molecule has 2 fully saturated rings. The molecule has 0 spiro atoms. The zero-order chi connectivity index (χ0) is 13.0. The minimum atomic E-state index is -0.212. The summed E-state index contributed by atoms with van der Waals surface area (Å²) in [4.78, 5) is 4.43. The smallest absolute Gasteiger partial charge is 0.151 e. The lowest BCUT2D eigenvalue weighted by atomic mass is 9.99. The molecule has 1 aromatic heterocycles. The Hall–Kier alpha value is -1.42. The Balaban J connectivity index is 1.82. The lowest BCUT2D eigenvalue weighted by Gasteiger charge is -2.31. The fourth-order valence-corrected chi connectivity index (χ4v) is 3.90. The molecule has 1 N–H and O–H groups in total. The van der Waals surface area contributed by atoms with Gasteiger partial charge in [0.1, 0.15) is 11.3 Å². The molecule has 2 aliphatic rings.